The van der Waals surface area contributed by atoms with Crippen LogP contribution in [0.2, 0.25) is 0 Å². The fourth-order valence-electron chi connectivity index (χ4n) is 5.21. The number of hydrogen-bond acceptors (Lipinski definition) is 7. The minimum atomic E-state index is -3.40. The molecule has 1 fully saturated rings. The lowest BCUT2D eigenvalue weighted by Crippen LogP contribution is -2.55. The van der Waals surface area contributed by atoms with Crippen LogP contribution in [-0.4, -0.2) is 32.5 Å². The van der Waals surface area contributed by atoms with E-state index in [2.05, 4.69) is 4.72 Å². The van der Waals surface area contributed by atoms with Crippen LogP contribution < -0.4 is 14.4 Å². The van der Waals surface area contributed by atoms with E-state index in [9.17, 15) is 27.2 Å². The third-order valence-electron chi connectivity index (χ3n) is 7.05. The second-order valence-corrected chi connectivity index (χ2v) is 12.1. The highest BCUT2D eigenvalue weighted by molar-refractivity contribution is 7.88. The second-order valence-electron chi connectivity index (χ2n) is 10.4. The number of benzene rings is 3. The minimum Gasteiger partial charge on any atom is -0.458 e. The Morgan fingerprint density at radius 3 is 2.07 bits per heavy atom. The number of ether oxygens (including phenoxy) is 2. The summed E-state index contributed by atoms with van der Waals surface area (Å²) < 4.78 is 50.0. The molecule has 9 nitrogen and oxygen atoms in total. The fourth-order valence-corrected chi connectivity index (χ4v) is 5.99. The third kappa shape index (κ3) is 7.59. The molecule has 0 radical (unpaired) electrons. The molecule has 0 spiro atoms. The van der Waals surface area contributed by atoms with Crippen LogP contribution in [0, 0.1) is 11.7 Å². The summed E-state index contributed by atoms with van der Waals surface area (Å²) in [5, 5.41) is 0. The van der Waals surface area contributed by atoms with Crippen molar-refractivity contribution in [3.05, 3.63) is 95.3 Å². The van der Waals surface area contributed by atoms with Crippen molar-refractivity contribution >= 4 is 33.6 Å². The molecule has 4 rings (SSSR count). The predicted octanol–water partition coefficient (Wildman–Crippen LogP) is 5.15. The van der Waals surface area contributed by atoms with Gasteiger partial charge >= 0.3 is 11.9 Å². The van der Waals surface area contributed by atoms with Crippen molar-refractivity contribution in [1.82, 2.24) is 4.72 Å². The monoisotopic (exact) mass is 596 g/mol. The van der Waals surface area contributed by atoms with Crippen molar-refractivity contribution in [3.8, 4) is 5.75 Å². The summed E-state index contributed by atoms with van der Waals surface area (Å²) >= 11 is 0. The Morgan fingerprint density at radius 2 is 1.52 bits per heavy atom. The van der Waals surface area contributed by atoms with Gasteiger partial charge in [0.1, 0.15) is 17.7 Å². The Morgan fingerprint density at radius 1 is 0.929 bits per heavy atom. The first kappa shape index (κ1) is 30.9. The molecule has 0 aliphatic carbocycles. The van der Waals surface area contributed by atoms with Gasteiger partial charge in [-0.25, -0.2) is 17.5 Å². The molecule has 1 aliphatic heterocycles. The summed E-state index contributed by atoms with van der Waals surface area (Å²) in [7, 11) is -3.40. The summed E-state index contributed by atoms with van der Waals surface area (Å²) in [6, 6.07) is 18.9. The molecule has 0 bridgehead atoms. The minimum absolute atomic E-state index is 0.125. The van der Waals surface area contributed by atoms with E-state index in [1.54, 1.807) is 72.5 Å². The zero-order chi connectivity index (χ0) is 30.6. The van der Waals surface area contributed by atoms with Crippen molar-refractivity contribution in [2.45, 2.75) is 51.8 Å². The molecule has 1 heterocycles. The average molecular weight is 597 g/mol. The number of nitrogens with zero attached hydrogens (tertiary/aromatic N) is 1. The van der Waals surface area contributed by atoms with Gasteiger partial charge in [-0.3, -0.25) is 14.4 Å². The molecule has 1 N–H and O–H groups in total. The van der Waals surface area contributed by atoms with Crippen molar-refractivity contribution in [2.24, 2.45) is 5.92 Å². The lowest BCUT2D eigenvalue weighted by molar-refractivity contribution is -0.147. The van der Waals surface area contributed by atoms with Gasteiger partial charge in [-0.1, -0.05) is 36.4 Å². The van der Waals surface area contributed by atoms with Gasteiger partial charge in [-0.05, 0) is 72.9 Å². The maximum atomic E-state index is 13.6. The smallest absolute Gasteiger partial charge is 0.308 e. The molecule has 42 heavy (non-hydrogen) atoms. The van der Waals surface area contributed by atoms with Crippen LogP contribution in [0.15, 0.2) is 72.8 Å². The van der Waals surface area contributed by atoms with Crippen LogP contribution in [0.25, 0.3) is 0 Å². The molecular weight excluding hydrogens is 563 g/mol. The fraction of sp³-hybridized carbons (Fsp3) is 0.323. The Bertz CT molecular complexity index is 1540. The van der Waals surface area contributed by atoms with Gasteiger partial charge in [0.25, 0.3) is 0 Å². The summed E-state index contributed by atoms with van der Waals surface area (Å²) in [6.45, 7) is 4.35. The number of amides is 1. The number of hydrogen-bond donors (Lipinski definition) is 1. The highest BCUT2D eigenvalue weighted by Crippen LogP contribution is 2.47. The number of sulfonamides is 1. The number of halogens is 1. The molecule has 3 aromatic carbocycles. The van der Waals surface area contributed by atoms with E-state index in [1.165, 1.54) is 26.0 Å². The number of nitrogens with one attached hydrogen (secondary N) is 1. The van der Waals surface area contributed by atoms with Crippen molar-refractivity contribution < 1.29 is 36.7 Å². The maximum Gasteiger partial charge on any atom is 0.308 e. The molecule has 2 unspecified atom stereocenters. The van der Waals surface area contributed by atoms with Crippen LogP contribution in [0.4, 0.5) is 10.1 Å². The molecule has 0 aromatic heterocycles. The van der Waals surface area contributed by atoms with Crippen molar-refractivity contribution in [3.63, 3.8) is 0 Å². The van der Waals surface area contributed by atoms with Gasteiger partial charge in [-0.2, -0.15) is 0 Å². The van der Waals surface area contributed by atoms with E-state index in [-0.39, 0.29) is 11.9 Å². The van der Waals surface area contributed by atoms with Crippen LogP contribution >= 0.6 is 0 Å². The van der Waals surface area contributed by atoms with E-state index in [0.29, 0.717) is 29.8 Å². The number of carbonyl (C=O) groups excluding carboxylic acids is 3. The van der Waals surface area contributed by atoms with Crippen LogP contribution in [0.3, 0.4) is 0 Å². The van der Waals surface area contributed by atoms with Gasteiger partial charge in [0.15, 0.2) is 0 Å². The Hall–Kier alpha value is -4.09. The molecule has 3 aromatic rings. The highest BCUT2D eigenvalue weighted by Gasteiger charge is 2.48. The zero-order valence-electron chi connectivity index (χ0n) is 23.7. The first-order chi connectivity index (χ1) is 19.8. The van der Waals surface area contributed by atoms with E-state index < -0.39 is 45.8 Å². The average Bonchev–Trinajstić information content (AvgIpc) is 2.91. The molecule has 4 atom stereocenters. The van der Waals surface area contributed by atoms with E-state index >= 15 is 0 Å². The molecule has 222 valence electrons. The molecule has 1 aliphatic rings. The summed E-state index contributed by atoms with van der Waals surface area (Å²) in [4.78, 5) is 38.5. The lowest BCUT2D eigenvalue weighted by atomic mass is 9.78. The Labute approximate surface area is 244 Å². The molecule has 1 saturated heterocycles. The number of esters is 2. The summed E-state index contributed by atoms with van der Waals surface area (Å²) in [5.74, 6) is -1.53. The van der Waals surface area contributed by atoms with Crippen molar-refractivity contribution in [2.75, 3.05) is 11.2 Å². The van der Waals surface area contributed by atoms with Crippen LogP contribution in [-0.2, 0) is 29.1 Å². The maximum absolute atomic E-state index is 13.6. The van der Waals surface area contributed by atoms with Crippen LogP contribution in [0.5, 0.6) is 5.75 Å². The molecule has 0 saturated carbocycles. The Kier molecular flexibility index (Phi) is 9.43. The molecule has 1 amide bonds. The number of rotatable bonds is 11. The SMILES string of the molecule is CC(=O)Oc1ccc([C@@H]2C(CC[C@H](OC(C)=O)c3ccc(F)cc3)C(=O)N2c2ccc(C(C)NS(C)(=O)=O)cc2)cc1. The predicted molar refractivity (Wildman–Crippen MR) is 154 cm³/mol. The van der Waals surface area contributed by atoms with Crippen molar-refractivity contribution in [1.29, 1.82) is 0 Å². The second kappa shape index (κ2) is 12.8. The molecule has 11 heteroatoms. The normalized spacial score (nSPS) is 18.1. The molecular formula is C31H33FN2O7S. The van der Waals surface area contributed by atoms with Crippen LogP contribution in [0.1, 0.15) is 68.5 Å². The van der Waals surface area contributed by atoms with E-state index in [0.717, 1.165) is 17.4 Å². The van der Waals surface area contributed by atoms with E-state index in [1.807, 2.05) is 0 Å². The lowest BCUT2D eigenvalue weighted by Gasteiger charge is -2.48. The number of carbonyl (C=O) groups is 3. The van der Waals surface area contributed by atoms with Gasteiger partial charge in [0, 0.05) is 25.6 Å². The van der Waals surface area contributed by atoms with Gasteiger partial charge in [0.05, 0.1) is 18.2 Å². The number of β-lactam (4-membered cyclic amide) rings is 1. The standard InChI is InChI=1S/C31H33FN2O7S/c1-19(33-42(4,38)39)22-7-13-26(14-8-22)34-30(24-9-15-27(16-10-24)40-20(2)35)28(31(34)37)17-18-29(41-21(3)36)23-5-11-25(32)12-6-23/h5-16,19,28-30,33H,17-18H2,1-4H3/t19?,28?,29-,30+/m0/s1. The largest absolute Gasteiger partial charge is 0.458 e. The highest BCUT2D eigenvalue weighted by atomic mass is 32.2. The van der Waals surface area contributed by atoms with Gasteiger partial charge < -0.3 is 14.4 Å². The number of anilines is 1. The van der Waals surface area contributed by atoms with Gasteiger partial charge in [0.2, 0.25) is 15.9 Å². The first-order valence-corrected chi connectivity index (χ1v) is 15.3. The summed E-state index contributed by atoms with van der Waals surface area (Å²) in [5.41, 5.74) is 2.82. The third-order valence-corrected chi connectivity index (χ3v) is 7.83. The Balaban J connectivity index is 1.60. The zero-order valence-corrected chi connectivity index (χ0v) is 24.6. The van der Waals surface area contributed by atoms with Gasteiger partial charge in [-0.15, -0.1) is 0 Å². The topological polar surface area (TPSA) is 119 Å². The van der Waals surface area contributed by atoms with E-state index in [4.69, 9.17) is 9.47 Å². The quantitative estimate of drug-likeness (QED) is 0.185. The first-order valence-electron chi connectivity index (χ1n) is 13.4. The summed E-state index contributed by atoms with van der Waals surface area (Å²) in [6.07, 6.45) is 1.16.